The number of aromatic nitrogens is 2. The Morgan fingerprint density at radius 2 is 2.11 bits per heavy atom. The van der Waals surface area contributed by atoms with E-state index in [1.54, 1.807) is 0 Å². The van der Waals surface area contributed by atoms with Gasteiger partial charge in [0, 0.05) is 51.5 Å². The highest BCUT2D eigenvalue weighted by Gasteiger charge is 2.18. The van der Waals surface area contributed by atoms with Crippen LogP contribution in [0.2, 0.25) is 0 Å². The highest BCUT2D eigenvalue weighted by molar-refractivity contribution is 5.79. The molecule has 1 saturated heterocycles. The largest absolute Gasteiger partial charge is 0.357 e. The molecule has 0 spiro atoms. The maximum absolute atomic E-state index is 11.7. The lowest BCUT2D eigenvalue weighted by atomic mass is 10.2. The highest BCUT2D eigenvalue weighted by Crippen LogP contribution is 2.09. The molecular formula is C21H30N6O. The van der Waals surface area contributed by atoms with Crippen molar-refractivity contribution in [3.8, 4) is 0 Å². The second kappa shape index (κ2) is 10.5. The van der Waals surface area contributed by atoms with E-state index in [2.05, 4.69) is 44.2 Å². The minimum absolute atomic E-state index is 0.283. The summed E-state index contributed by atoms with van der Waals surface area (Å²) in [6, 6.07) is 10.4. The van der Waals surface area contributed by atoms with Crippen LogP contribution >= 0.6 is 0 Å². The molecule has 0 atom stereocenters. The van der Waals surface area contributed by atoms with E-state index in [-0.39, 0.29) is 5.91 Å². The van der Waals surface area contributed by atoms with Crippen molar-refractivity contribution in [2.24, 2.45) is 4.99 Å². The van der Waals surface area contributed by atoms with E-state index < -0.39 is 0 Å². The molecule has 7 nitrogen and oxygen atoms in total. The summed E-state index contributed by atoms with van der Waals surface area (Å²) in [5.74, 6) is 2.00. The number of aliphatic imine (C=N–C) groups is 1. The first-order valence-electron chi connectivity index (χ1n) is 10.1. The molecule has 0 aliphatic carbocycles. The molecule has 1 amide bonds. The van der Waals surface area contributed by atoms with Crippen LogP contribution in [0.4, 0.5) is 0 Å². The Hall–Kier alpha value is -2.83. The van der Waals surface area contributed by atoms with E-state index >= 15 is 0 Å². The monoisotopic (exact) mass is 382 g/mol. The van der Waals surface area contributed by atoms with Gasteiger partial charge >= 0.3 is 0 Å². The van der Waals surface area contributed by atoms with Gasteiger partial charge < -0.3 is 20.1 Å². The zero-order chi connectivity index (χ0) is 19.6. The fourth-order valence-corrected chi connectivity index (χ4v) is 3.32. The van der Waals surface area contributed by atoms with Crippen molar-refractivity contribution in [2.75, 3.05) is 26.2 Å². The van der Waals surface area contributed by atoms with Crippen LogP contribution in [0.1, 0.15) is 37.6 Å². The molecule has 1 aromatic carbocycles. The molecule has 0 saturated carbocycles. The molecule has 0 unspecified atom stereocenters. The highest BCUT2D eigenvalue weighted by atomic mass is 16.2. The van der Waals surface area contributed by atoms with Crippen LogP contribution < -0.4 is 10.6 Å². The van der Waals surface area contributed by atoms with Gasteiger partial charge in [-0.25, -0.2) is 9.98 Å². The molecule has 2 aromatic rings. The van der Waals surface area contributed by atoms with Crippen LogP contribution in [0.25, 0.3) is 0 Å². The predicted molar refractivity (Wildman–Crippen MR) is 111 cm³/mol. The average Bonchev–Trinajstić information content (AvgIpc) is 3.32. The van der Waals surface area contributed by atoms with Gasteiger partial charge in [0.25, 0.3) is 0 Å². The Bertz CT molecular complexity index is 770. The molecule has 2 heterocycles. The van der Waals surface area contributed by atoms with Gasteiger partial charge in [-0.1, -0.05) is 30.3 Å². The SMILES string of the molecule is CCNC(=NCc1nccn1Cc1ccccc1)NCCCN1CCCC1=O. The third-order valence-electron chi connectivity index (χ3n) is 4.79. The molecule has 28 heavy (non-hydrogen) atoms. The summed E-state index contributed by atoms with van der Waals surface area (Å²) < 4.78 is 2.13. The minimum Gasteiger partial charge on any atom is -0.357 e. The first-order chi connectivity index (χ1) is 13.8. The molecular weight excluding hydrogens is 352 g/mol. The van der Waals surface area contributed by atoms with E-state index in [4.69, 9.17) is 0 Å². The summed E-state index contributed by atoms with van der Waals surface area (Å²) in [6.07, 6.45) is 6.42. The number of carbonyl (C=O) groups excluding carboxylic acids is 1. The number of likely N-dealkylation sites (tertiary alicyclic amines) is 1. The molecule has 7 heteroatoms. The van der Waals surface area contributed by atoms with Crippen molar-refractivity contribution >= 4 is 11.9 Å². The molecule has 1 aliphatic heterocycles. The van der Waals surface area contributed by atoms with Crippen molar-refractivity contribution in [3.63, 3.8) is 0 Å². The Labute approximate surface area is 166 Å². The predicted octanol–water partition coefficient (Wildman–Crippen LogP) is 2.00. The Kier molecular flexibility index (Phi) is 7.46. The van der Waals surface area contributed by atoms with Crippen molar-refractivity contribution in [3.05, 3.63) is 54.1 Å². The third kappa shape index (κ3) is 5.84. The van der Waals surface area contributed by atoms with Crippen molar-refractivity contribution in [1.82, 2.24) is 25.1 Å². The molecule has 2 N–H and O–H groups in total. The van der Waals surface area contributed by atoms with Crippen LogP contribution in [-0.2, 0) is 17.9 Å². The molecule has 150 valence electrons. The fraction of sp³-hybridized carbons (Fsp3) is 0.476. The second-order valence-corrected chi connectivity index (χ2v) is 6.92. The number of hydrogen-bond donors (Lipinski definition) is 2. The van der Waals surface area contributed by atoms with Gasteiger partial charge in [-0.15, -0.1) is 0 Å². The summed E-state index contributed by atoms with van der Waals surface area (Å²) in [5.41, 5.74) is 1.24. The number of hydrogen-bond acceptors (Lipinski definition) is 3. The number of rotatable bonds is 9. The molecule has 1 aromatic heterocycles. The zero-order valence-corrected chi connectivity index (χ0v) is 16.6. The third-order valence-corrected chi connectivity index (χ3v) is 4.79. The quantitative estimate of drug-likeness (QED) is 0.395. The number of amides is 1. The summed E-state index contributed by atoms with van der Waals surface area (Å²) in [6.45, 7) is 6.66. The molecule has 1 fully saturated rings. The Balaban J connectivity index is 1.50. The van der Waals surface area contributed by atoms with Crippen molar-refractivity contribution in [2.45, 2.75) is 39.3 Å². The number of nitrogens with one attached hydrogen (secondary N) is 2. The molecule has 3 rings (SSSR count). The molecule has 0 bridgehead atoms. The lowest BCUT2D eigenvalue weighted by Crippen LogP contribution is -2.39. The smallest absolute Gasteiger partial charge is 0.222 e. The summed E-state index contributed by atoms with van der Waals surface area (Å²) in [7, 11) is 0. The van der Waals surface area contributed by atoms with Gasteiger partial charge in [0.05, 0.1) is 0 Å². The van der Waals surface area contributed by atoms with E-state index in [0.717, 1.165) is 57.3 Å². The number of benzene rings is 1. The standard InChI is InChI=1S/C21H30N6O/c1-2-22-21(24-11-7-14-26-13-6-10-20(26)28)25-16-19-23-12-15-27(19)17-18-8-4-3-5-9-18/h3-5,8-9,12,15H,2,6-7,10-11,13-14,16-17H2,1H3,(H2,22,24,25). The maximum atomic E-state index is 11.7. The maximum Gasteiger partial charge on any atom is 0.222 e. The number of guanidine groups is 1. The fourth-order valence-electron chi connectivity index (χ4n) is 3.32. The van der Waals surface area contributed by atoms with Crippen LogP contribution in [0, 0.1) is 0 Å². The topological polar surface area (TPSA) is 74.6 Å². The Morgan fingerprint density at radius 1 is 1.25 bits per heavy atom. The number of imidazole rings is 1. The molecule has 1 aliphatic rings. The lowest BCUT2D eigenvalue weighted by Gasteiger charge is -2.16. The van der Waals surface area contributed by atoms with E-state index in [0.29, 0.717) is 13.0 Å². The van der Waals surface area contributed by atoms with Gasteiger partial charge in [0.15, 0.2) is 5.96 Å². The van der Waals surface area contributed by atoms with Crippen LogP contribution in [-0.4, -0.2) is 52.5 Å². The molecule has 0 radical (unpaired) electrons. The summed E-state index contributed by atoms with van der Waals surface area (Å²) in [5, 5.41) is 6.63. The van der Waals surface area contributed by atoms with Gasteiger partial charge in [-0.05, 0) is 25.3 Å². The summed E-state index contributed by atoms with van der Waals surface area (Å²) >= 11 is 0. The van der Waals surface area contributed by atoms with Crippen LogP contribution in [0.15, 0.2) is 47.7 Å². The van der Waals surface area contributed by atoms with Crippen LogP contribution in [0.3, 0.4) is 0 Å². The van der Waals surface area contributed by atoms with E-state index in [9.17, 15) is 4.79 Å². The zero-order valence-electron chi connectivity index (χ0n) is 16.6. The van der Waals surface area contributed by atoms with Gasteiger partial charge in [-0.3, -0.25) is 4.79 Å². The lowest BCUT2D eigenvalue weighted by molar-refractivity contribution is -0.127. The number of carbonyl (C=O) groups is 1. The normalized spacial score (nSPS) is 14.5. The van der Waals surface area contributed by atoms with Gasteiger partial charge in [-0.2, -0.15) is 0 Å². The van der Waals surface area contributed by atoms with E-state index in [1.807, 2.05) is 35.5 Å². The first-order valence-corrected chi connectivity index (χ1v) is 10.1. The van der Waals surface area contributed by atoms with Crippen LogP contribution in [0.5, 0.6) is 0 Å². The minimum atomic E-state index is 0.283. The second-order valence-electron chi connectivity index (χ2n) is 6.92. The summed E-state index contributed by atoms with van der Waals surface area (Å²) in [4.78, 5) is 22.7. The van der Waals surface area contributed by atoms with Crippen molar-refractivity contribution < 1.29 is 4.79 Å². The first kappa shape index (κ1) is 19.9. The van der Waals surface area contributed by atoms with Gasteiger partial charge in [0.2, 0.25) is 5.91 Å². The van der Waals surface area contributed by atoms with Crippen molar-refractivity contribution in [1.29, 1.82) is 0 Å². The Morgan fingerprint density at radius 3 is 2.86 bits per heavy atom. The average molecular weight is 383 g/mol. The number of nitrogens with zero attached hydrogens (tertiary/aromatic N) is 4. The van der Waals surface area contributed by atoms with E-state index in [1.165, 1.54) is 5.56 Å². The van der Waals surface area contributed by atoms with Gasteiger partial charge in [0.1, 0.15) is 12.4 Å².